The lowest BCUT2D eigenvalue weighted by Crippen LogP contribution is -1.99. The molecule has 1 aromatic carbocycles. The van der Waals surface area contributed by atoms with Gasteiger partial charge in [-0.25, -0.2) is 4.98 Å². The molecule has 0 atom stereocenters. The highest BCUT2D eigenvalue weighted by Crippen LogP contribution is 2.31. The number of nitrogens with zero attached hydrogens (tertiary/aromatic N) is 2. The molecule has 5 heteroatoms. The lowest BCUT2D eigenvalue weighted by molar-refractivity contribution is 0.282. The van der Waals surface area contributed by atoms with Crippen molar-refractivity contribution in [3.63, 3.8) is 0 Å². The van der Waals surface area contributed by atoms with Crippen molar-refractivity contribution >= 4 is 0 Å². The van der Waals surface area contributed by atoms with E-state index in [1.807, 2.05) is 24.3 Å². The smallest absolute Gasteiger partial charge is 0.319 e. The fraction of sp³-hybridized carbons (Fsp3) is 0.231. The van der Waals surface area contributed by atoms with E-state index in [-0.39, 0.29) is 12.6 Å². The van der Waals surface area contributed by atoms with Gasteiger partial charge in [0.15, 0.2) is 0 Å². The number of hydrogen-bond acceptors (Lipinski definition) is 5. The van der Waals surface area contributed by atoms with Gasteiger partial charge in [0.25, 0.3) is 0 Å². The van der Waals surface area contributed by atoms with Gasteiger partial charge in [0.2, 0.25) is 5.88 Å². The van der Waals surface area contributed by atoms with Gasteiger partial charge >= 0.3 is 6.01 Å². The summed E-state index contributed by atoms with van der Waals surface area (Å²) in [7, 11) is 3.03. The zero-order chi connectivity index (χ0) is 13.0. The third-order valence-corrected chi connectivity index (χ3v) is 2.59. The summed E-state index contributed by atoms with van der Waals surface area (Å²) in [4.78, 5) is 8.19. The molecule has 18 heavy (non-hydrogen) atoms. The molecule has 0 aliphatic heterocycles. The van der Waals surface area contributed by atoms with Crippen LogP contribution in [0.25, 0.3) is 11.1 Å². The second-order valence-electron chi connectivity index (χ2n) is 3.59. The van der Waals surface area contributed by atoms with E-state index < -0.39 is 0 Å². The Balaban J connectivity index is 2.56. The molecule has 5 nitrogen and oxygen atoms in total. The maximum atomic E-state index is 9.34. The summed E-state index contributed by atoms with van der Waals surface area (Å²) >= 11 is 0. The van der Waals surface area contributed by atoms with Crippen molar-refractivity contribution in [2.75, 3.05) is 14.2 Å². The molecule has 1 aromatic heterocycles. The highest BCUT2D eigenvalue weighted by Gasteiger charge is 2.12. The highest BCUT2D eigenvalue weighted by molar-refractivity contribution is 5.71. The number of rotatable bonds is 4. The molecule has 0 unspecified atom stereocenters. The van der Waals surface area contributed by atoms with Gasteiger partial charge in [-0.2, -0.15) is 4.98 Å². The van der Waals surface area contributed by atoms with Crippen LogP contribution in [0, 0.1) is 0 Å². The van der Waals surface area contributed by atoms with Crippen molar-refractivity contribution in [2.45, 2.75) is 6.61 Å². The van der Waals surface area contributed by atoms with Crippen LogP contribution in [0.15, 0.2) is 30.5 Å². The van der Waals surface area contributed by atoms with Gasteiger partial charge in [-0.05, 0) is 11.1 Å². The number of ether oxygens (including phenoxy) is 2. The molecule has 2 rings (SSSR count). The molecule has 0 fully saturated rings. The highest BCUT2D eigenvalue weighted by atomic mass is 16.5. The summed E-state index contributed by atoms with van der Waals surface area (Å²) in [5.74, 6) is 0.419. The first-order valence-electron chi connectivity index (χ1n) is 5.44. The van der Waals surface area contributed by atoms with Gasteiger partial charge in [0.1, 0.15) is 0 Å². The van der Waals surface area contributed by atoms with Crippen molar-refractivity contribution in [1.82, 2.24) is 9.97 Å². The van der Waals surface area contributed by atoms with E-state index >= 15 is 0 Å². The molecule has 0 aliphatic rings. The standard InChI is InChI=1S/C13H14N2O3/c1-17-12-11(7-14-13(15-12)18-2)10-6-4-3-5-9(10)8-16/h3-7,16H,8H2,1-2H3. The Morgan fingerprint density at radius 1 is 1.11 bits per heavy atom. The molecular formula is C13H14N2O3. The van der Waals surface area contributed by atoms with E-state index in [0.29, 0.717) is 5.88 Å². The zero-order valence-electron chi connectivity index (χ0n) is 10.3. The van der Waals surface area contributed by atoms with Gasteiger partial charge in [-0.3, -0.25) is 0 Å². The van der Waals surface area contributed by atoms with Gasteiger partial charge in [-0.1, -0.05) is 24.3 Å². The van der Waals surface area contributed by atoms with Gasteiger partial charge < -0.3 is 14.6 Å². The second-order valence-corrected chi connectivity index (χ2v) is 3.59. The Hall–Kier alpha value is -2.14. The van der Waals surface area contributed by atoms with Crippen LogP contribution in [-0.2, 0) is 6.61 Å². The molecule has 1 heterocycles. The molecule has 0 radical (unpaired) electrons. The summed E-state index contributed by atoms with van der Waals surface area (Å²) in [6.45, 7) is -0.0502. The van der Waals surface area contributed by atoms with E-state index in [0.717, 1.165) is 16.7 Å². The molecule has 0 saturated carbocycles. The summed E-state index contributed by atoms with van der Waals surface area (Å²) in [5.41, 5.74) is 2.37. The van der Waals surface area contributed by atoms with Crippen LogP contribution in [-0.4, -0.2) is 29.3 Å². The number of benzene rings is 1. The molecule has 0 spiro atoms. The van der Waals surface area contributed by atoms with Crippen LogP contribution in [0.5, 0.6) is 11.9 Å². The predicted molar refractivity (Wildman–Crippen MR) is 66.5 cm³/mol. The maximum Gasteiger partial charge on any atom is 0.319 e. The van der Waals surface area contributed by atoms with Gasteiger partial charge in [-0.15, -0.1) is 0 Å². The first-order chi connectivity index (χ1) is 8.80. The Morgan fingerprint density at radius 3 is 2.56 bits per heavy atom. The Morgan fingerprint density at radius 2 is 1.89 bits per heavy atom. The normalized spacial score (nSPS) is 10.2. The number of aliphatic hydroxyl groups excluding tert-OH is 1. The zero-order valence-corrected chi connectivity index (χ0v) is 10.3. The molecule has 1 N–H and O–H groups in total. The second kappa shape index (κ2) is 5.46. The van der Waals surface area contributed by atoms with Crippen molar-refractivity contribution in [1.29, 1.82) is 0 Å². The van der Waals surface area contributed by atoms with E-state index in [2.05, 4.69) is 9.97 Å². The van der Waals surface area contributed by atoms with Crippen molar-refractivity contribution in [2.24, 2.45) is 0 Å². The molecule has 0 saturated heterocycles. The molecule has 0 amide bonds. The van der Waals surface area contributed by atoms with Crippen LogP contribution in [0.1, 0.15) is 5.56 Å². The first-order valence-corrected chi connectivity index (χ1v) is 5.44. The lowest BCUT2D eigenvalue weighted by atomic mass is 10.0. The fourth-order valence-electron chi connectivity index (χ4n) is 1.71. The van der Waals surface area contributed by atoms with Crippen LogP contribution in [0.3, 0.4) is 0 Å². The van der Waals surface area contributed by atoms with E-state index in [1.54, 1.807) is 6.20 Å². The van der Waals surface area contributed by atoms with Crippen LogP contribution in [0.4, 0.5) is 0 Å². The molecular weight excluding hydrogens is 232 g/mol. The predicted octanol–water partition coefficient (Wildman–Crippen LogP) is 1.65. The monoisotopic (exact) mass is 246 g/mol. The molecule has 94 valence electrons. The molecule has 2 aromatic rings. The van der Waals surface area contributed by atoms with Crippen LogP contribution in [0.2, 0.25) is 0 Å². The summed E-state index contributed by atoms with van der Waals surface area (Å²) in [6.07, 6.45) is 1.62. The summed E-state index contributed by atoms with van der Waals surface area (Å²) < 4.78 is 10.2. The summed E-state index contributed by atoms with van der Waals surface area (Å²) in [6, 6.07) is 7.74. The van der Waals surface area contributed by atoms with Gasteiger partial charge in [0.05, 0.1) is 26.4 Å². The summed E-state index contributed by atoms with van der Waals surface area (Å²) in [5, 5.41) is 9.34. The van der Waals surface area contributed by atoms with Crippen molar-refractivity contribution < 1.29 is 14.6 Å². The minimum absolute atomic E-state index is 0.0502. The maximum absolute atomic E-state index is 9.34. The van der Waals surface area contributed by atoms with Gasteiger partial charge in [0, 0.05) is 6.20 Å². The minimum Gasteiger partial charge on any atom is -0.480 e. The number of aromatic nitrogens is 2. The third-order valence-electron chi connectivity index (χ3n) is 2.59. The van der Waals surface area contributed by atoms with E-state index in [9.17, 15) is 5.11 Å². The Kier molecular flexibility index (Phi) is 3.74. The van der Waals surface area contributed by atoms with E-state index in [1.165, 1.54) is 14.2 Å². The average Bonchev–Trinajstić information content (AvgIpc) is 2.46. The number of methoxy groups -OCH3 is 2. The number of hydrogen-bond donors (Lipinski definition) is 1. The lowest BCUT2D eigenvalue weighted by Gasteiger charge is -2.11. The fourth-order valence-corrected chi connectivity index (χ4v) is 1.71. The largest absolute Gasteiger partial charge is 0.480 e. The topological polar surface area (TPSA) is 64.5 Å². The SMILES string of the molecule is COc1ncc(-c2ccccc2CO)c(OC)n1. The van der Waals surface area contributed by atoms with Crippen molar-refractivity contribution in [3.05, 3.63) is 36.0 Å². The Labute approximate surface area is 105 Å². The van der Waals surface area contributed by atoms with Crippen LogP contribution < -0.4 is 9.47 Å². The molecule has 0 bridgehead atoms. The quantitative estimate of drug-likeness (QED) is 0.888. The van der Waals surface area contributed by atoms with Crippen LogP contribution >= 0.6 is 0 Å². The Bertz CT molecular complexity index is 544. The third kappa shape index (κ3) is 2.26. The molecule has 0 aliphatic carbocycles. The number of aliphatic hydroxyl groups is 1. The van der Waals surface area contributed by atoms with Crippen molar-refractivity contribution in [3.8, 4) is 23.0 Å². The van der Waals surface area contributed by atoms with E-state index in [4.69, 9.17) is 9.47 Å². The average molecular weight is 246 g/mol. The minimum atomic E-state index is -0.0502. The first kappa shape index (κ1) is 12.3.